The number of carbonyl (C=O) groups is 2. The summed E-state index contributed by atoms with van der Waals surface area (Å²) in [6.45, 7) is 0. The van der Waals surface area contributed by atoms with Crippen molar-refractivity contribution in [3.05, 3.63) is 95.3 Å². The van der Waals surface area contributed by atoms with E-state index >= 15 is 0 Å². The average Bonchev–Trinajstić information content (AvgIpc) is 2.80. The number of nitrogens with two attached hydrogens (primary N) is 1. The Bertz CT molecular complexity index is 1060. The van der Waals surface area contributed by atoms with E-state index in [2.05, 4.69) is 27.8 Å². The molecule has 0 spiro atoms. The number of nitrogens with one attached hydrogen (secondary N) is 2. The number of fused-ring (bicyclic) bond motifs is 1. The van der Waals surface area contributed by atoms with Crippen LogP contribution in [0.2, 0.25) is 0 Å². The number of aryl methyl sites for hydroxylation is 1. The number of amides is 2. The van der Waals surface area contributed by atoms with E-state index in [1.807, 2.05) is 12.1 Å². The smallest absolute Gasteiger partial charge is 0.255 e. The van der Waals surface area contributed by atoms with Gasteiger partial charge >= 0.3 is 0 Å². The van der Waals surface area contributed by atoms with Crippen LogP contribution in [-0.2, 0) is 11.2 Å². The van der Waals surface area contributed by atoms with E-state index in [-0.39, 0.29) is 49.1 Å². The van der Waals surface area contributed by atoms with Crippen molar-refractivity contribution in [1.82, 2.24) is 10.3 Å². The lowest BCUT2D eigenvalue weighted by Gasteiger charge is -2.27. The predicted octanol–water partition coefficient (Wildman–Crippen LogP) is 4.76. The van der Waals surface area contributed by atoms with Gasteiger partial charge in [0.05, 0.1) is 6.04 Å². The van der Waals surface area contributed by atoms with Crippen molar-refractivity contribution in [1.29, 1.82) is 0 Å². The molecule has 2 atom stereocenters. The second kappa shape index (κ2) is 12.3. The van der Waals surface area contributed by atoms with Crippen molar-refractivity contribution < 1.29 is 9.59 Å². The summed E-state index contributed by atoms with van der Waals surface area (Å²) in [4.78, 5) is 28.9. The highest BCUT2D eigenvalue weighted by Gasteiger charge is 2.22. The highest BCUT2D eigenvalue weighted by atomic mass is 35.5. The van der Waals surface area contributed by atoms with Crippen LogP contribution in [-0.4, -0.2) is 16.8 Å². The van der Waals surface area contributed by atoms with E-state index in [4.69, 9.17) is 5.73 Å². The summed E-state index contributed by atoms with van der Waals surface area (Å²) in [6.07, 6.45) is 6.50. The molecule has 1 heterocycles. The molecule has 1 aromatic heterocycles. The number of halogens is 2. The van der Waals surface area contributed by atoms with E-state index in [1.165, 1.54) is 11.1 Å². The molecule has 0 unspecified atom stereocenters. The number of benzene rings is 2. The lowest BCUT2D eigenvalue weighted by molar-refractivity contribution is -0.122. The largest absolute Gasteiger partial charge is 0.349 e. The van der Waals surface area contributed by atoms with Crippen LogP contribution in [0.3, 0.4) is 0 Å². The Morgan fingerprint density at radius 3 is 2.42 bits per heavy atom. The summed E-state index contributed by atoms with van der Waals surface area (Å²) in [6, 6.07) is 18.4. The molecule has 3 aromatic rings. The highest BCUT2D eigenvalue weighted by molar-refractivity contribution is 6.04. The SMILES string of the molecule is Cl.Cl.N[C@@H](CC(=O)N[C@H]1CCCc2ccccc21)c1ccc(C(=O)Nc2ccncc2)cc1. The summed E-state index contributed by atoms with van der Waals surface area (Å²) < 4.78 is 0. The number of nitrogens with zero attached hydrogens (tertiary/aromatic N) is 1. The van der Waals surface area contributed by atoms with Crippen LogP contribution in [0.5, 0.6) is 0 Å². The first-order valence-electron chi connectivity index (χ1n) is 10.5. The number of aromatic nitrogens is 1. The highest BCUT2D eigenvalue weighted by Crippen LogP contribution is 2.29. The molecule has 2 aromatic carbocycles. The Morgan fingerprint density at radius 2 is 1.70 bits per heavy atom. The zero-order valence-corrected chi connectivity index (χ0v) is 19.7. The maximum Gasteiger partial charge on any atom is 0.255 e. The van der Waals surface area contributed by atoms with Crippen molar-refractivity contribution >= 4 is 42.3 Å². The molecule has 4 N–H and O–H groups in total. The fourth-order valence-corrected chi connectivity index (χ4v) is 3.99. The van der Waals surface area contributed by atoms with Crippen LogP contribution in [0.15, 0.2) is 73.1 Å². The Kier molecular flexibility index (Phi) is 9.85. The number of hydrogen-bond donors (Lipinski definition) is 3. The van der Waals surface area contributed by atoms with Gasteiger partial charge < -0.3 is 16.4 Å². The fourth-order valence-electron chi connectivity index (χ4n) is 3.99. The number of carbonyl (C=O) groups excluding carboxylic acids is 2. The molecule has 8 heteroatoms. The van der Waals surface area contributed by atoms with E-state index in [9.17, 15) is 9.59 Å². The molecule has 33 heavy (non-hydrogen) atoms. The van der Waals surface area contributed by atoms with E-state index in [0.29, 0.717) is 11.3 Å². The molecule has 1 aliphatic carbocycles. The first-order valence-corrected chi connectivity index (χ1v) is 10.5. The zero-order chi connectivity index (χ0) is 21.6. The average molecular weight is 487 g/mol. The summed E-state index contributed by atoms with van der Waals surface area (Å²) >= 11 is 0. The normalized spacial score (nSPS) is 15.1. The first-order chi connectivity index (χ1) is 15.1. The van der Waals surface area contributed by atoms with Gasteiger partial charge in [-0.2, -0.15) is 0 Å². The van der Waals surface area contributed by atoms with Gasteiger partial charge in [0.1, 0.15) is 0 Å². The van der Waals surface area contributed by atoms with Crippen LogP contribution in [0, 0.1) is 0 Å². The van der Waals surface area contributed by atoms with Crippen molar-refractivity contribution in [2.24, 2.45) is 5.73 Å². The second-order valence-corrected chi connectivity index (χ2v) is 7.83. The minimum absolute atomic E-state index is 0. The van der Waals surface area contributed by atoms with Crippen molar-refractivity contribution in [3.63, 3.8) is 0 Å². The molecular weight excluding hydrogens is 459 g/mol. The first kappa shape index (κ1) is 26.3. The lowest BCUT2D eigenvalue weighted by atomic mass is 9.87. The molecule has 0 fully saturated rings. The third kappa shape index (κ3) is 6.78. The lowest BCUT2D eigenvalue weighted by Crippen LogP contribution is -2.33. The molecule has 0 saturated carbocycles. The molecule has 0 aliphatic heterocycles. The Morgan fingerprint density at radius 1 is 1.00 bits per heavy atom. The van der Waals surface area contributed by atoms with Gasteiger partial charge in [-0.1, -0.05) is 36.4 Å². The van der Waals surface area contributed by atoms with Crippen LogP contribution in [0.25, 0.3) is 0 Å². The predicted molar refractivity (Wildman–Crippen MR) is 135 cm³/mol. The van der Waals surface area contributed by atoms with E-state index < -0.39 is 6.04 Å². The third-order valence-corrected chi connectivity index (χ3v) is 5.65. The molecular formula is C25H28Cl2N4O2. The summed E-state index contributed by atoms with van der Waals surface area (Å²) in [5.74, 6) is -0.270. The molecule has 0 radical (unpaired) electrons. The fraction of sp³-hybridized carbons (Fsp3) is 0.240. The van der Waals surface area contributed by atoms with Crippen LogP contribution in [0.4, 0.5) is 5.69 Å². The molecule has 4 rings (SSSR count). The van der Waals surface area contributed by atoms with E-state index in [0.717, 1.165) is 24.8 Å². The third-order valence-electron chi connectivity index (χ3n) is 5.65. The Labute approximate surface area is 206 Å². The van der Waals surface area contributed by atoms with Gasteiger partial charge in [0.25, 0.3) is 5.91 Å². The maximum atomic E-state index is 12.6. The number of rotatable bonds is 6. The van der Waals surface area contributed by atoms with Gasteiger partial charge in [-0.3, -0.25) is 14.6 Å². The topological polar surface area (TPSA) is 97.1 Å². The van der Waals surface area contributed by atoms with Gasteiger partial charge in [-0.15, -0.1) is 24.8 Å². The minimum Gasteiger partial charge on any atom is -0.349 e. The second-order valence-electron chi connectivity index (χ2n) is 7.83. The number of anilines is 1. The zero-order valence-electron chi connectivity index (χ0n) is 18.1. The Balaban J connectivity index is 0.00000193. The quantitative estimate of drug-likeness (QED) is 0.467. The van der Waals surface area contributed by atoms with Gasteiger partial charge in [-0.05, 0) is 60.2 Å². The maximum absolute atomic E-state index is 12.6. The summed E-state index contributed by atoms with van der Waals surface area (Å²) in [5, 5.41) is 5.96. The van der Waals surface area contributed by atoms with Gasteiger partial charge in [0, 0.05) is 36.1 Å². The van der Waals surface area contributed by atoms with Crippen molar-refractivity contribution in [2.75, 3.05) is 5.32 Å². The standard InChI is InChI=1S/C25H26N4O2.2ClH/c26-22(16-24(30)29-23-7-3-5-17-4-1-2-6-21(17)23)18-8-10-19(11-9-18)25(31)28-20-12-14-27-15-13-20;;/h1-2,4,6,8-15,22-23H,3,5,7,16,26H2,(H,29,30)(H,27,28,31);2*1H/t22-,23-;;/m0../s1. The Hall–Kier alpha value is -2.93. The monoisotopic (exact) mass is 486 g/mol. The van der Waals surface area contributed by atoms with Gasteiger partial charge in [-0.25, -0.2) is 0 Å². The summed E-state index contributed by atoms with van der Waals surface area (Å²) in [7, 11) is 0. The molecule has 0 bridgehead atoms. The summed E-state index contributed by atoms with van der Waals surface area (Å²) in [5.41, 5.74) is 10.8. The van der Waals surface area contributed by atoms with Gasteiger partial charge in [0.2, 0.25) is 5.91 Å². The minimum atomic E-state index is -0.434. The van der Waals surface area contributed by atoms with Gasteiger partial charge in [0.15, 0.2) is 0 Å². The molecule has 174 valence electrons. The van der Waals surface area contributed by atoms with Crippen LogP contribution < -0.4 is 16.4 Å². The number of pyridine rings is 1. The molecule has 6 nitrogen and oxygen atoms in total. The number of hydrogen-bond acceptors (Lipinski definition) is 4. The molecule has 0 saturated heterocycles. The van der Waals surface area contributed by atoms with E-state index in [1.54, 1.807) is 48.8 Å². The van der Waals surface area contributed by atoms with Crippen LogP contribution >= 0.6 is 24.8 Å². The van der Waals surface area contributed by atoms with Crippen molar-refractivity contribution in [2.45, 2.75) is 37.8 Å². The van der Waals surface area contributed by atoms with Crippen molar-refractivity contribution in [3.8, 4) is 0 Å². The van der Waals surface area contributed by atoms with Crippen LogP contribution in [0.1, 0.15) is 58.4 Å². The molecule has 2 amide bonds. The molecule has 1 aliphatic rings.